The first-order valence-corrected chi connectivity index (χ1v) is 4.20. The van der Waals surface area contributed by atoms with Crippen molar-refractivity contribution in [3.8, 4) is 12.3 Å². The summed E-state index contributed by atoms with van der Waals surface area (Å²) in [5.74, 6) is 2.51. The maximum Gasteiger partial charge on any atom is 0.104 e. The zero-order valence-electron chi connectivity index (χ0n) is 7.38. The Morgan fingerprint density at radius 2 is 2.50 bits per heavy atom. The van der Waals surface area contributed by atoms with Gasteiger partial charge in [0, 0.05) is 6.54 Å². The molecular weight excluding hydrogens is 154 g/mol. The highest BCUT2D eigenvalue weighted by Crippen LogP contribution is 2.07. The maximum atomic E-state index is 5.58. The van der Waals surface area contributed by atoms with Gasteiger partial charge < -0.3 is 14.8 Å². The fourth-order valence-electron chi connectivity index (χ4n) is 1.02. The van der Waals surface area contributed by atoms with Gasteiger partial charge in [-0.25, -0.2) is 0 Å². The van der Waals surface area contributed by atoms with Gasteiger partial charge in [0.2, 0.25) is 0 Å². The summed E-state index contributed by atoms with van der Waals surface area (Å²) in [6, 6.07) is 0. The Hall–Kier alpha value is -0.560. The van der Waals surface area contributed by atoms with Gasteiger partial charge in [-0.3, -0.25) is 0 Å². The molecule has 1 saturated heterocycles. The van der Waals surface area contributed by atoms with E-state index in [4.69, 9.17) is 15.9 Å². The lowest BCUT2D eigenvalue weighted by atomic mass is 10.3. The molecule has 1 aliphatic rings. The fourth-order valence-corrected chi connectivity index (χ4v) is 1.02. The highest BCUT2D eigenvalue weighted by atomic mass is 16.6. The monoisotopic (exact) mass is 169 g/mol. The highest BCUT2D eigenvalue weighted by Gasteiger charge is 2.20. The van der Waals surface area contributed by atoms with Crippen molar-refractivity contribution < 1.29 is 9.47 Å². The predicted octanol–water partition coefficient (Wildman–Crippen LogP) is 0.0131. The second-order valence-corrected chi connectivity index (χ2v) is 2.94. The van der Waals surface area contributed by atoms with Crippen molar-refractivity contribution in [3.63, 3.8) is 0 Å². The van der Waals surface area contributed by atoms with Crippen LogP contribution in [0.25, 0.3) is 0 Å². The number of ether oxygens (including phenoxy) is 2. The molecule has 0 saturated carbocycles. The molecule has 0 aromatic carbocycles. The third-order valence-corrected chi connectivity index (χ3v) is 1.69. The molecule has 0 spiro atoms. The van der Waals surface area contributed by atoms with Gasteiger partial charge in [-0.05, 0) is 6.92 Å². The SMILES string of the molecule is C#CCNCC(C)OC1COC1. The zero-order chi connectivity index (χ0) is 8.81. The van der Waals surface area contributed by atoms with E-state index in [2.05, 4.69) is 11.2 Å². The lowest BCUT2D eigenvalue weighted by molar-refractivity contribution is -0.149. The maximum absolute atomic E-state index is 5.58. The second kappa shape index (κ2) is 5.15. The van der Waals surface area contributed by atoms with Crippen LogP contribution in [0.3, 0.4) is 0 Å². The summed E-state index contributed by atoms with van der Waals surface area (Å²) in [5.41, 5.74) is 0. The molecule has 1 atom stereocenters. The van der Waals surface area contributed by atoms with Crippen LogP contribution in [0.1, 0.15) is 6.92 Å². The Morgan fingerprint density at radius 3 is 3.00 bits per heavy atom. The number of nitrogens with one attached hydrogen (secondary N) is 1. The van der Waals surface area contributed by atoms with E-state index in [1.807, 2.05) is 6.92 Å². The van der Waals surface area contributed by atoms with Crippen molar-refractivity contribution in [1.82, 2.24) is 5.32 Å². The van der Waals surface area contributed by atoms with Gasteiger partial charge in [0.05, 0.1) is 25.9 Å². The molecule has 3 nitrogen and oxygen atoms in total. The third kappa shape index (κ3) is 3.22. The number of terminal acetylenes is 1. The Bertz CT molecular complexity index is 160. The van der Waals surface area contributed by atoms with Crippen LogP contribution < -0.4 is 5.32 Å². The van der Waals surface area contributed by atoms with Crippen LogP contribution in [0.2, 0.25) is 0 Å². The van der Waals surface area contributed by atoms with Crippen molar-refractivity contribution in [2.75, 3.05) is 26.3 Å². The van der Waals surface area contributed by atoms with Gasteiger partial charge in [-0.1, -0.05) is 5.92 Å². The van der Waals surface area contributed by atoms with Gasteiger partial charge in [-0.15, -0.1) is 6.42 Å². The minimum atomic E-state index is 0.215. The number of hydrogen-bond donors (Lipinski definition) is 1. The van der Waals surface area contributed by atoms with Crippen LogP contribution in [0.5, 0.6) is 0 Å². The van der Waals surface area contributed by atoms with Gasteiger partial charge in [0.15, 0.2) is 0 Å². The van der Waals surface area contributed by atoms with Crippen LogP contribution in [-0.2, 0) is 9.47 Å². The first-order chi connectivity index (χ1) is 5.83. The molecule has 1 aliphatic heterocycles. The molecule has 0 aliphatic carbocycles. The lowest BCUT2D eigenvalue weighted by Crippen LogP contribution is -2.41. The van der Waals surface area contributed by atoms with E-state index in [9.17, 15) is 0 Å². The molecule has 68 valence electrons. The third-order valence-electron chi connectivity index (χ3n) is 1.69. The molecule has 1 N–H and O–H groups in total. The largest absolute Gasteiger partial charge is 0.376 e. The minimum Gasteiger partial charge on any atom is -0.376 e. The van der Waals surface area contributed by atoms with Gasteiger partial charge >= 0.3 is 0 Å². The van der Waals surface area contributed by atoms with Crippen LogP contribution >= 0.6 is 0 Å². The molecule has 3 heteroatoms. The van der Waals surface area contributed by atoms with Crippen LogP contribution in [0, 0.1) is 12.3 Å². The standard InChI is InChI=1S/C9H15NO2/c1-3-4-10-5-8(2)12-9-6-11-7-9/h1,8-10H,4-7H2,2H3. The molecule has 1 heterocycles. The summed E-state index contributed by atoms with van der Waals surface area (Å²) in [4.78, 5) is 0. The Balaban J connectivity index is 1.96. The van der Waals surface area contributed by atoms with E-state index in [0.29, 0.717) is 12.6 Å². The molecular formula is C9H15NO2. The fraction of sp³-hybridized carbons (Fsp3) is 0.778. The van der Waals surface area contributed by atoms with Crippen LogP contribution in [-0.4, -0.2) is 38.5 Å². The topological polar surface area (TPSA) is 30.5 Å². The molecule has 1 fully saturated rings. The summed E-state index contributed by atoms with van der Waals surface area (Å²) in [6.07, 6.45) is 5.59. The van der Waals surface area contributed by atoms with E-state index in [1.54, 1.807) is 0 Å². The van der Waals surface area contributed by atoms with E-state index in [0.717, 1.165) is 19.8 Å². The highest BCUT2D eigenvalue weighted by molar-refractivity contribution is 4.86. The molecule has 0 radical (unpaired) electrons. The summed E-state index contributed by atoms with van der Waals surface area (Å²) in [7, 11) is 0. The second-order valence-electron chi connectivity index (χ2n) is 2.94. The zero-order valence-corrected chi connectivity index (χ0v) is 7.38. The molecule has 1 unspecified atom stereocenters. The van der Waals surface area contributed by atoms with Gasteiger partial charge in [0.25, 0.3) is 0 Å². The average Bonchev–Trinajstić information content (AvgIpc) is 1.98. The van der Waals surface area contributed by atoms with Crippen molar-refractivity contribution >= 4 is 0 Å². The molecule has 0 bridgehead atoms. The molecule has 0 aromatic rings. The van der Waals surface area contributed by atoms with Crippen molar-refractivity contribution in [1.29, 1.82) is 0 Å². The van der Waals surface area contributed by atoms with E-state index < -0.39 is 0 Å². The van der Waals surface area contributed by atoms with Crippen LogP contribution in [0.15, 0.2) is 0 Å². The molecule has 1 rings (SSSR count). The van der Waals surface area contributed by atoms with Gasteiger partial charge in [0.1, 0.15) is 6.10 Å². The first kappa shape index (κ1) is 9.53. The van der Waals surface area contributed by atoms with E-state index >= 15 is 0 Å². The lowest BCUT2D eigenvalue weighted by Gasteiger charge is -2.29. The Kier molecular flexibility index (Phi) is 4.09. The number of hydrogen-bond acceptors (Lipinski definition) is 3. The van der Waals surface area contributed by atoms with Gasteiger partial charge in [-0.2, -0.15) is 0 Å². The van der Waals surface area contributed by atoms with E-state index in [1.165, 1.54) is 0 Å². The molecule has 0 aromatic heterocycles. The summed E-state index contributed by atoms with van der Waals surface area (Å²) in [5, 5.41) is 3.09. The average molecular weight is 169 g/mol. The normalized spacial score (nSPS) is 19.7. The Morgan fingerprint density at radius 1 is 1.75 bits per heavy atom. The van der Waals surface area contributed by atoms with Crippen molar-refractivity contribution in [2.45, 2.75) is 19.1 Å². The quantitative estimate of drug-likeness (QED) is 0.464. The van der Waals surface area contributed by atoms with Crippen molar-refractivity contribution in [3.05, 3.63) is 0 Å². The Labute approximate surface area is 73.4 Å². The van der Waals surface area contributed by atoms with Crippen LogP contribution in [0.4, 0.5) is 0 Å². The molecule has 12 heavy (non-hydrogen) atoms. The first-order valence-electron chi connectivity index (χ1n) is 4.20. The minimum absolute atomic E-state index is 0.215. The predicted molar refractivity (Wildman–Crippen MR) is 46.9 cm³/mol. The number of rotatable bonds is 5. The summed E-state index contributed by atoms with van der Waals surface area (Å²) >= 11 is 0. The van der Waals surface area contributed by atoms with Crippen molar-refractivity contribution in [2.24, 2.45) is 0 Å². The van der Waals surface area contributed by atoms with E-state index in [-0.39, 0.29) is 6.10 Å². The summed E-state index contributed by atoms with van der Waals surface area (Å²) < 4.78 is 10.6. The smallest absolute Gasteiger partial charge is 0.104 e. The summed E-state index contributed by atoms with van der Waals surface area (Å²) in [6.45, 7) is 4.91. The molecule has 0 amide bonds.